The number of hydrogen-bond donors (Lipinski definition) is 2. The monoisotopic (exact) mass is 464 g/mol. The number of rotatable bonds is 5. The number of anilines is 2. The van der Waals surface area contributed by atoms with Crippen LogP contribution in [0.3, 0.4) is 0 Å². The van der Waals surface area contributed by atoms with Crippen LogP contribution in [0, 0.1) is 6.92 Å². The van der Waals surface area contributed by atoms with Gasteiger partial charge in [0.05, 0.1) is 10.6 Å². The van der Waals surface area contributed by atoms with Crippen LogP contribution < -0.4 is 10.0 Å². The first-order valence-electron chi connectivity index (χ1n) is 10.3. The molecule has 1 aromatic heterocycles. The van der Waals surface area contributed by atoms with Crippen LogP contribution in [0.4, 0.5) is 11.4 Å². The van der Waals surface area contributed by atoms with E-state index in [-0.39, 0.29) is 21.6 Å². The minimum Gasteiger partial charge on any atom is -0.320 e. The summed E-state index contributed by atoms with van der Waals surface area (Å²) in [6.07, 6.45) is 0. The van der Waals surface area contributed by atoms with Crippen LogP contribution in [0.1, 0.15) is 42.3 Å². The van der Waals surface area contributed by atoms with Crippen molar-refractivity contribution in [2.75, 3.05) is 10.0 Å². The molecule has 0 bridgehead atoms. The van der Waals surface area contributed by atoms with E-state index in [1.54, 1.807) is 55.5 Å². The summed E-state index contributed by atoms with van der Waals surface area (Å²) in [6, 6.07) is 16.8. The third-order valence-corrected chi connectivity index (χ3v) is 6.78. The second-order valence-corrected chi connectivity index (χ2v) is 10.5. The van der Waals surface area contributed by atoms with Gasteiger partial charge in [0.2, 0.25) is 0 Å². The van der Waals surface area contributed by atoms with Crippen LogP contribution in [-0.4, -0.2) is 24.6 Å². The molecule has 0 spiro atoms. The third kappa shape index (κ3) is 4.73. The zero-order chi connectivity index (χ0) is 23.8. The minimum absolute atomic E-state index is 0.196. The van der Waals surface area contributed by atoms with Crippen molar-refractivity contribution < 1.29 is 17.8 Å². The molecule has 0 atom stereocenters. The summed E-state index contributed by atoms with van der Waals surface area (Å²) in [5.41, 5.74) is 3.31. The largest absolute Gasteiger partial charge is 0.320 e. The summed E-state index contributed by atoms with van der Waals surface area (Å²) in [5, 5.41) is 10.3. The lowest BCUT2D eigenvalue weighted by Crippen LogP contribution is -2.18. The molecule has 0 saturated heterocycles. The van der Waals surface area contributed by atoms with Gasteiger partial charge in [0.25, 0.3) is 15.9 Å². The van der Waals surface area contributed by atoms with E-state index in [0.29, 0.717) is 22.3 Å². The van der Waals surface area contributed by atoms with Crippen molar-refractivity contribution in [2.45, 2.75) is 38.0 Å². The van der Waals surface area contributed by atoms with Crippen molar-refractivity contribution in [1.29, 1.82) is 0 Å². The molecule has 4 aromatic rings. The molecule has 0 unspecified atom stereocenters. The van der Waals surface area contributed by atoms with E-state index < -0.39 is 15.9 Å². The molecule has 4 rings (SSSR count). The molecule has 8 nitrogen and oxygen atoms in total. The van der Waals surface area contributed by atoms with Gasteiger partial charge in [0.1, 0.15) is 5.52 Å². The Morgan fingerprint density at radius 2 is 1.73 bits per heavy atom. The Balaban J connectivity index is 1.59. The maximum Gasteiger partial charge on any atom is 0.262 e. The molecule has 9 heteroatoms. The van der Waals surface area contributed by atoms with Crippen molar-refractivity contribution in [1.82, 2.24) is 10.3 Å². The van der Waals surface area contributed by atoms with Gasteiger partial charge in [-0.2, -0.15) is 0 Å². The van der Waals surface area contributed by atoms with Crippen LogP contribution in [-0.2, 0) is 15.4 Å². The van der Waals surface area contributed by atoms with Crippen LogP contribution in [0.25, 0.3) is 11.0 Å². The van der Waals surface area contributed by atoms with E-state index in [1.807, 2.05) is 26.8 Å². The van der Waals surface area contributed by atoms with Gasteiger partial charge in [-0.05, 0) is 70.2 Å². The number of fused-ring (bicyclic) bond motifs is 1. The fourth-order valence-corrected chi connectivity index (χ4v) is 4.71. The molecule has 0 fully saturated rings. The van der Waals surface area contributed by atoms with Gasteiger partial charge in [-0.1, -0.05) is 45.0 Å². The highest BCUT2D eigenvalue weighted by molar-refractivity contribution is 7.92. The minimum atomic E-state index is -3.86. The van der Waals surface area contributed by atoms with Crippen LogP contribution in [0.15, 0.2) is 70.2 Å². The molecule has 1 amide bonds. The predicted octanol–water partition coefficient (Wildman–Crippen LogP) is 4.88. The highest BCUT2D eigenvalue weighted by atomic mass is 32.2. The SMILES string of the molecule is Cc1ccc(C(C)(C)C)cc1S(=O)(=O)Nc1cccc(C(=O)Nc2cccc3nonc23)c1. The summed E-state index contributed by atoms with van der Waals surface area (Å²) >= 11 is 0. The molecule has 0 radical (unpaired) electrons. The van der Waals surface area contributed by atoms with Crippen molar-refractivity contribution in [3.05, 3.63) is 77.4 Å². The lowest BCUT2D eigenvalue weighted by atomic mass is 9.87. The van der Waals surface area contributed by atoms with E-state index in [1.165, 1.54) is 6.07 Å². The topological polar surface area (TPSA) is 114 Å². The molecular weight excluding hydrogens is 440 g/mol. The maximum absolute atomic E-state index is 13.2. The Labute approximate surface area is 192 Å². The van der Waals surface area contributed by atoms with E-state index in [9.17, 15) is 13.2 Å². The van der Waals surface area contributed by atoms with Gasteiger partial charge in [-0.15, -0.1) is 0 Å². The summed E-state index contributed by atoms with van der Waals surface area (Å²) in [4.78, 5) is 13.0. The van der Waals surface area contributed by atoms with Gasteiger partial charge in [0, 0.05) is 11.3 Å². The molecule has 0 saturated carbocycles. The quantitative estimate of drug-likeness (QED) is 0.435. The standard InChI is InChI=1S/C24H24N4O4S/c1-15-11-12-17(24(2,3)4)14-21(15)33(30,31)28-18-8-5-7-16(13-18)23(29)25-19-9-6-10-20-22(19)27-32-26-20/h5-14,28H,1-4H3,(H,25,29). The fraction of sp³-hybridized carbons (Fsp3) is 0.208. The number of carbonyl (C=O) groups excluding carboxylic acids is 1. The number of aryl methyl sites for hydroxylation is 1. The lowest BCUT2D eigenvalue weighted by Gasteiger charge is -2.21. The number of sulfonamides is 1. The first-order valence-corrected chi connectivity index (χ1v) is 11.8. The molecule has 0 aliphatic rings. The van der Waals surface area contributed by atoms with E-state index in [2.05, 4.69) is 20.4 Å². The van der Waals surface area contributed by atoms with Gasteiger partial charge in [0.15, 0.2) is 5.52 Å². The Bertz CT molecular complexity index is 1450. The first kappa shape index (κ1) is 22.5. The summed E-state index contributed by atoms with van der Waals surface area (Å²) in [6.45, 7) is 7.84. The van der Waals surface area contributed by atoms with Gasteiger partial charge in [-0.3, -0.25) is 9.52 Å². The van der Waals surface area contributed by atoms with Crippen molar-refractivity contribution in [3.8, 4) is 0 Å². The van der Waals surface area contributed by atoms with Gasteiger partial charge >= 0.3 is 0 Å². The van der Waals surface area contributed by atoms with Gasteiger partial charge < -0.3 is 5.32 Å². The Morgan fingerprint density at radius 3 is 2.48 bits per heavy atom. The Hall–Kier alpha value is -3.72. The Morgan fingerprint density at radius 1 is 0.970 bits per heavy atom. The molecular formula is C24H24N4O4S. The molecule has 2 N–H and O–H groups in total. The van der Waals surface area contributed by atoms with Crippen LogP contribution in [0.5, 0.6) is 0 Å². The molecule has 33 heavy (non-hydrogen) atoms. The average Bonchev–Trinajstić information content (AvgIpc) is 3.23. The summed E-state index contributed by atoms with van der Waals surface area (Å²) in [7, 11) is -3.86. The number of benzene rings is 3. The van der Waals surface area contributed by atoms with Crippen LogP contribution in [0.2, 0.25) is 0 Å². The summed E-state index contributed by atoms with van der Waals surface area (Å²) in [5.74, 6) is -0.419. The second-order valence-electron chi connectivity index (χ2n) is 8.81. The van der Waals surface area contributed by atoms with E-state index in [4.69, 9.17) is 4.63 Å². The second kappa shape index (κ2) is 8.32. The maximum atomic E-state index is 13.2. The highest BCUT2D eigenvalue weighted by Gasteiger charge is 2.22. The molecule has 0 aliphatic heterocycles. The smallest absolute Gasteiger partial charge is 0.262 e. The predicted molar refractivity (Wildman–Crippen MR) is 127 cm³/mol. The Kier molecular flexibility index (Phi) is 5.67. The highest BCUT2D eigenvalue weighted by Crippen LogP contribution is 2.28. The lowest BCUT2D eigenvalue weighted by molar-refractivity contribution is 0.102. The van der Waals surface area contributed by atoms with Crippen molar-refractivity contribution in [2.24, 2.45) is 0 Å². The molecule has 3 aromatic carbocycles. The van der Waals surface area contributed by atoms with Crippen molar-refractivity contribution in [3.63, 3.8) is 0 Å². The first-order chi connectivity index (χ1) is 15.5. The average molecular weight is 465 g/mol. The number of nitrogens with one attached hydrogen (secondary N) is 2. The number of carbonyl (C=O) groups is 1. The van der Waals surface area contributed by atoms with Gasteiger partial charge in [-0.25, -0.2) is 13.0 Å². The molecule has 0 aliphatic carbocycles. The third-order valence-electron chi connectivity index (χ3n) is 5.25. The zero-order valence-electron chi connectivity index (χ0n) is 18.7. The van der Waals surface area contributed by atoms with Crippen LogP contribution >= 0.6 is 0 Å². The normalized spacial score (nSPS) is 12.0. The molecule has 170 valence electrons. The number of amides is 1. The molecule has 1 heterocycles. The number of nitrogens with zero attached hydrogens (tertiary/aromatic N) is 2. The van der Waals surface area contributed by atoms with Crippen molar-refractivity contribution >= 4 is 38.3 Å². The number of aromatic nitrogens is 2. The summed E-state index contributed by atoms with van der Waals surface area (Å²) < 4.78 is 33.6. The fourth-order valence-electron chi connectivity index (χ4n) is 3.39. The van der Waals surface area contributed by atoms with E-state index in [0.717, 1.165) is 5.56 Å². The zero-order valence-corrected chi connectivity index (χ0v) is 19.5. The number of hydrogen-bond acceptors (Lipinski definition) is 6. The van der Waals surface area contributed by atoms with E-state index >= 15 is 0 Å².